The van der Waals surface area contributed by atoms with Crippen LogP contribution in [0.4, 0.5) is 5.69 Å². The molecule has 0 aliphatic carbocycles. The first-order valence-corrected chi connectivity index (χ1v) is 16.2. The van der Waals surface area contributed by atoms with E-state index in [1.54, 1.807) is 23.3 Å². The summed E-state index contributed by atoms with van der Waals surface area (Å²) in [6.45, 7) is 0.786. The van der Waals surface area contributed by atoms with Crippen molar-refractivity contribution in [3.63, 3.8) is 0 Å². The van der Waals surface area contributed by atoms with E-state index in [0.717, 1.165) is 33.2 Å². The van der Waals surface area contributed by atoms with Crippen LogP contribution >= 0.6 is 0 Å². The first kappa shape index (κ1) is 29.7. The van der Waals surface area contributed by atoms with Gasteiger partial charge < -0.3 is 19.7 Å². The Bertz CT molecular complexity index is 2110. The Balaban J connectivity index is 1.01. The van der Waals surface area contributed by atoms with Crippen molar-refractivity contribution in [1.82, 2.24) is 39.7 Å². The number of H-pyrrole nitrogens is 1. The van der Waals surface area contributed by atoms with Crippen LogP contribution in [0.5, 0.6) is 5.88 Å². The lowest BCUT2D eigenvalue weighted by atomic mass is 9.98. The number of rotatable bonds is 10. The molecule has 2 aliphatic rings. The Morgan fingerprint density at radius 3 is 2.63 bits per heavy atom. The Hall–Kier alpha value is -5.40. The van der Waals surface area contributed by atoms with Gasteiger partial charge in [0.25, 0.3) is 5.91 Å². The fourth-order valence-corrected chi connectivity index (χ4v) is 6.29. The van der Waals surface area contributed by atoms with Gasteiger partial charge in [-0.3, -0.25) is 24.3 Å². The second kappa shape index (κ2) is 13.6. The summed E-state index contributed by atoms with van der Waals surface area (Å²) in [5, 5.41) is 15.6. The zero-order chi connectivity index (χ0) is 35.8. The van der Waals surface area contributed by atoms with Crippen LogP contribution in [0.2, 0.25) is 0 Å². The third-order valence-electron chi connectivity index (χ3n) is 9.02. The molecular weight excluding hydrogens is 622 g/mol. The molecule has 0 saturated carbocycles. The van der Waals surface area contributed by atoms with Gasteiger partial charge in [0.2, 0.25) is 11.8 Å². The highest BCUT2D eigenvalue weighted by Gasteiger charge is 2.45. The third kappa shape index (κ3) is 6.67. The Kier molecular flexibility index (Phi) is 8.25. The van der Waals surface area contributed by atoms with Gasteiger partial charge in [0.1, 0.15) is 12.0 Å². The summed E-state index contributed by atoms with van der Waals surface area (Å²) >= 11 is 0. The van der Waals surface area contributed by atoms with E-state index in [4.69, 9.17) is 12.2 Å². The van der Waals surface area contributed by atoms with Gasteiger partial charge in [-0.2, -0.15) is 10.2 Å². The maximum atomic E-state index is 13.8. The lowest BCUT2D eigenvalue weighted by Gasteiger charge is -2.30. The number of aromatic amines is 1. The summed E-state index contributed by atoms with van der Waals surface area (Å²) in [5.74, 6) is 0.0895. The van der Waals surface area contributed by atoms with Crippen LogP contribution in [0.15, 0.2) is 73.2 Å². The molecule has 252 valence electrons. The number of methoxy groups -OCH3 is 1. The molecule has 2 amide bonds. The van der Waals surface area contributed by atoms with E-state index in [0.29, 0.717) is 42.7 Å². The molecule has 3 aromatic heterocycles. The van der Waals surface area contributed by atoms with Crippen LogP contribution in [0.25, 0.3) is 39.1 Å². The highest BCUT2D eigenvalue weighted by Crippen LogP contribution is 2.32. The molecule has 1 atom stereocenters. The topological polar surface area (TPSA) is 143 Å². The summed E-state index contributed by atoms with van der Waals surface area (Å²) in [6, 6.07) is 17.1. The van der Waals surface area contributed by atoms with Gasteiger partial charge in [0.15, 0.2) is 11.4 Å². The van der Waals surface area contributed by atoms with Crippen LogP contribution in [-0.4, -0.2) is 104 Å². The predicted molar refractivity (Wildman–Crippen MR) is 186 cm³/mol. The number of aromatic nitrogens is 6. The normalized spacial score (nSPS) is 19.0. The van der Waals surface area contributed by atoms with Crippen LogP contribution < -0.4 is 10.1 Å². The van der Waals surface area contributed by atoms with Gasteiger partial charge in [-0.15, -0.1) is 0 Å². The van der Waals surface area contributed by atoms with E-state index in [2.05, 4.69) is 30.6 Å². The number of likely N-dealkylation sites (tertiary alicyclic amines) is 1. The van der Waals surface area contributed by atoms with Crippen LogP contribution in [0, 0.1) is 0 Å². The second-order valence-electron chi connectivity index (χ2n) is 12.1. The molecule has 1 unspecified atom stereocenters. The van der Waals surface area contributed by atoms with E-state index in [1.807, 2.05) is 68.6 Å². The summed E-state index contributed by atoms with van der Waals surface area (Å²) < 4.78 is 30.7. The molecule has 1 saturated heterocycles. The van der Waals surface area contributed by atoms with Crippen molar-refractivity contribution in [3.8, 4) is 28.5 Å². The summed E-state index contributed by atoms with van der Waals surface area (Å²) in [5.41, 5.74) is 4.49. The fourth-order valence-electron chi connectivity index (χ4n) is 6.29. The number of aryl methyl sites for hydroxylation is 1. The monoisotopic (exact) mass is 663 g/mol. The minimum atomic E-state index is -2.33. The molecule has 7 rings (SSSR count). The van der Waals surface area contributed by atoms with Gasteiger partial charge in [-0.25, -0.2) is 9.97 Å². The van der Waals surface area contributed by atoms with Crippen molar-refractivity contribution >= 4 is 34.0 Å². The van der Waals surface area contributed by atoms with Crippen molar-refractivity contribution in [2.45, 2.75) is 25.4 Å². The minimum Gasteiger partial charge on any atom is -0.478 e. The molecule has 49 heavy (non-hydrogen) atoms. The first-order valence-electron chi connectivity index (χ1n) is 17.2. The highest BCUT2D eigenvalue weighted by atomic mass is 16.5. The van der Waals surface area contributed by atoms with Gasteiger partial charge >= 0.3 is 0 Å². The largest absolute Gasteiger partial charge is 0.478 e. The molecule has 5 aromatic rings. The summed E-state index contributed by atoms with van der Waals surface area (Å²) in [7, 11) is 3.26. The third-order valence-corrected chi connectivity index (χ3v) is 9.02. The number of pyridine rings is 1. The molecular formula is C36H39N9O4. The van der Waals surface area contributed by atoms with E-state index in [9.17, 15) is 9.59 Å². The first-order chi connectivity index (χ1) is 24.6. The standard InChI is InChI=1S/C36H39N9O4/c1-4-49-31-19-27(11-15-37-31)33-29-20-28(9-10-30(29)40-41-33)39-35(47)36(48-3)14-18-44(22-36)21-32(46)45-16-12-25(13-17-45)24-5-7-26(8-6-24)34-38-23-43(2)42-34/h5-12,15,19-20,23H,4,13-14,16-18,21-22H2,1-3H3,(H,39,47)(H,40,41)/i21D2. The molecule has 1 fully saturated rings. The van der Waals surface area contributed by atoms with E-state index in [-0.39, 0.29) is 26.1 Å². The van der Waals surface area contributed by atoms with Gasteiger partial charge in [0, 0.05) is 74.8 Å². The smallest absolute Gasteiger partial charge is 0.258 e. The zero-order valence-electron chi connectivity index (χ0n) is 29.6. The van der Waals surface area contributed by atoms with Crippen molar-refractivity contribution in [2.24, 2.45) is 7.05 Å². The fraction of sp³-hybridized carbons (Fsp3) is 0.333. The van der Waals surface area contributed by atoms with Crippen molar-refractivity contribution in [3.05, 3.63) is 78.8 Å². The lowest BCUT2D eigenvalue weighted by molar-refractivity contribution is -0.138. The number of nitrogens with zero attached hydrogens (tertiary/aromatic N) is 7. The number of nitrogens with one attached hydrogen (secondary N) is 2. The maximum absolute atomic E-state index is 13.8. The molecule has 2 aliphatic heterocycles. The van der Waals surface area contributed by atoms with E-state index < -0.39 is 23.9 Å². The number of anilines is 1. The maximum Gasteiger partial charge on any atom is 0.258 e. The lowest BCUT2D eigenvalue weighted by Crippen LogP contribution is -2.48. The highest BCUT2D eigenvalue weighted by molar-refractivity contribution is 6.01. The van der Waals surface area contributed by atoms with Gasteiger partial charge in [-0.1, -0.05) is 30.3 Å². The Labute approximate surface area is 286 Å². The molecule has 2 aromatic carbocycles. The number of ether oxygens (including phenoxy) is 2. The number of fused-ring (bicyclic) bond motifs is 1. The average Bonchev–Trinajstić information content (AvgIpc) is 3.91. The number of benzene rings is 2. The number of hydrogen-bond donors (Lipinski definition) is 2. The predicted octanol–water partition coefficient (Wildman–Crippen LogP) is 4.16. The molecule has 5 heterocycles. The summed E-state index contributed by atoms with van der Waals surface area (Å²) in [6.07, 6.45) is 6.09. The van der Waals surface area contributed by atoms with Crippen molar-refractivity contribution < 1.29 is 21.8 Å². The molecule has 0 bridgehead atoms. The number of carbonyl (C=O) groups excluding carboxylic acids is 2. The second-order valence-corrected chi connectivity index (χ2v) is 12.1. The Morgan fingerprint density at radius 2 is 1.90 bits per heavy atom. The number of carbonyl (C=O) groups is 2. The Morgan fingerprint density at radius 1 is 1.06 bits per heavy atom. The molecule has 13 nitrogen and oxygen atoms in total. The van der Waals surface area contributed by atoms with Crippen LogP contribution in [0.3, 0.4) is 0 Å². The van der Waals surface area contributed by atoms with E-state index >= 15 is 0 Å². The summed E-state index contributed by atoms with van der Waals surface area (Å²) in [4.78, 5) is 38.9. The molecule has 0 spiro atoms. The molecule has 2 N–H and O–H groups in total. The molecule has 13 heteroatoms. The van der Waals surface area contributed by atoms with Crippen LogP contribution in [-0.2, 0) is 21.4 Å². The van der Waals surface area contributed by atoms with Crippen molar-refractivity contribution in [1.29, 1.82) is 0 Å². The van der Waals surface area contributed by atoms with Crippen LogP contribution in [0.1, 0.15) is 28.1 Å². The van der Waals surface area contributed by atoms with Gasteiger partial charge in [-0.05, 0) is 55.2 Å². The van der Waals surface area contributed by atoms with E-state index in [1.165, 1.54) is 16.9 Å². The zero-order valence-corrected chi connectivity index (χ0v) is 27.6. The molecule has 0 radical (unpaired) electrons. The quantitative estimate of drug-likeness (QED) is 0.225. The SMILES string of the molecule is [2H]C([2H])(C(=O)N1CC=C(c2ccc(-c3ncn(C)n3)cc2)CC1)N1CCC(OC)(C(=O)Nc2ccc3[nH]nc(-c4ccnc(OCC)c4)c3c2)C1. The average molecular weight is 664 g/mol. The number of hydrogen-bond acceptors (Lipinski definition) is 9. The van der Waals surface area contributed by atoms with Crippen molar-refractivity contribution in [2.75, 3.05) is 51.7 Å². The number of amides is 2. The minimum absolute atomic E-state index is 0.0864. The van der Waals surface area contributed by atoms with Gasteiger partial charge in [0.05, 0.1) is 21.4 Å².